The molecule has 1 aromatic heterocycles. The number of ether oxygens (including phenoxy) is 1. The zero-order chi connectivity index (χ0) is 21.6. The molecule has 2 rings (SSSR count). The predicted molar refractivity (Wildman–Crippen MR) is 129 cm³/mol. The second-order valence-electron chi connectivity index (χ2n) is 7.69. The Morgan fingerprint density at radius 1 is 1.23 bits per heavy atom. The first kappa shape index (κ1) is 27.1. The Labute approximate surface area is 197 Å². The Hall–Kier alpha value is -0.920. The van der Waals surface area contributed by atoms with Crippen LogP contribution in [-0.2, 0) is 14.8 Å². The summed E-state index contributed by atoms with van der Waals surface area (Å²) in [6.07, 6.45) is 0.0317. The van der Waals surface area contributed by atoms with E-state index in [-0.39, 0.29) is 48.4 Å². The van der Waals surface area contributed by atoms with E-state index < -0.39 is 10.0 Å². The highest BCUT2D eigenvalue weighted by Gasteiger charge is 2.28. The molecule has 1 aliphatic heterocycles. The molecule has 1 unspecified atom stereocenters. The van der Waals surface area contributed by atoms with Gasteiger partial charge in [-0.1, -0.05) is 12.1 Å². The smallest absolute Gasteiger partial charge is 0.216 e. The number of guanidine groups is 1. The number of rotatable bonds is 8. The van der Waals surface area contributed by atoms with E-state index in [1.54, 1.807) is 11.4 Å². The van der Waals surface area contributed by atoms with Gasteiger partial charge in [0.05, 0.1) is 24.2 Å². The van der Waals surface area contributed by atoms with E-state index in [9.17, 15) is 8.42 Å². The minimum Gasteiger partial charge on any atom is -0.378 e. The van der Waals surface area contributed by atoms with Crippen molar-refractivity contribution >= 4 is 40.0 Å². The molecule has 0 aromatic carbocycles. The fourth-order valence-corrected chi connectivity index (χ4v) is 4.85. The second-order valence-corrected chi connectivity index (χ2v) is 9.78. The van der Waals surface area contributed by atoms with Gasteiger partial charge in [-0.2, -0.15) is 4.31 Å². The van der Waals surface area contributed by atoms with Crippen molar-refractivity contribution in [3.8, 4) is 0 Å². The molecule has 1 N–H and O–H groups in total. The van der Waals surface area contributed by atoms with Crippen molar-refractivity contribution < 1.29 is 17.7 Å². The van der Waals surface area contributed by atoms with Gasteiger partial charge in [-0.05, 0) is 27.7 Å². The van der Waals surface area contributed by atoms with Gasteiger partial charge >= 0.3 is 0 Å². The molecule has 11 heteroatoms. The average Bonchev–Trinajstić information content (AvgIpc) is 3.00. The number of nitrogens with zero attached hydrogens (tertiary/aromatic N) is 4. The molecule has 9 nitrogen and oxygen atoms in total. The van der Waals surface area contributed by atoms with E-state index in [4.69, 9.17) is 9.26 Å². The van der Waals surface area contributed by atoms with Crippen LogP contribution in [0.1, 0.15) is 43.7 Å². The highest BCUT2D eigenvalue weighted by Crippen LogP contribution is 2.22. The summed E-state index contributed by atoms with van der Waals surface area (Å²) in [5.41, 5.74) is 2.03. The van der Waals surface area contributed by atoms with Gasteiger partial charge in [0.25, 0.3) is 0 Å². The van der Waals surface area contributed by atoms with Gasteiger partial charge in [-0.25, -0.2) is 8.42 Å². The Morgan fingerprint density at radius 3 is 2.37 bits per heavy atom. The third kappa shape index (κ3) is 7.34. The van der Waals surface area contributed by atoms with Crippen LogP contribution >= 0.6 is 24.0 Å². The van der Waals surface area contributed by atoms with E-state index in [1.807, 2.05) is 27.7 Å². The lowest BCUT2D eigenvalue weighted by Gasteiger charge is -2.36. The summed E-state index contributed by atoms with van der Waals surface area (Å²) in [5.74, 6) is 1.86. The molecule has 1 fully saturated rings. The first-order valence-corrected chi connectivity index (χ1v) is 11.7. The molecule has 0 bridgehead atoms. The van der Waals surface area contributed by atoms with Crippen LogP contribution in [0.3, 0.4) is 0 Å². The molecule has 0 amide bonds. The molecule has 174 valence electrons. The Morgan fingerprint density at radius 2 is 1.87 bits per heavy atom. The van der Waals surface area contributed by atoms with Crippen molar-refractivity contribution in [2.75, 3.05) is 52.1 Å². The number of aliphatic imine (C=N–C) groups is 1. The monoisotopic (exact) mass is 557 g/mol. The van der Waals surface area contributed by atoms with Gasteiger partial charge in [0.1, 0.15) is 5.76 Å². The minimum absolute atomic E-state index is 0. The topological polar surface area (TPSA) is 100 Å². The molecule has 0 saturated carbocycles. The second kappa shape index (κ2) is 12.2. The zero-order valence-electron chi connectivity index (χ0n) is 18.8. The number of aryl methyl sites for hydroxylation is 2. The molecular weight excluding hydrogens is 521 g/mol. The number of nitrogens with one attached hydrogen (secondary N) is 1. The molecule has 1 saturated heterocycles. The number of aromatic nitrogens is 1. The van der Waals surface area contributed by atoms with Crippen LogP contribution in [0.15, 0.2) is 9.52 Å². The largest absolute Gasteiger partial charge is 0.378 e. The average molecular weight is 557 g/mol. The SMILES string of the molecule is CN=C(NCC(C)c1c(C)noc1C)N1CCN(S(=O)(=O)CCOC(C)C)CC1.I. The maximum atomic E-state index is 12.5. The van der Waals surface area contributed by atoms with Gasteiger partial charge < -0.3 is 19.5 Å². The van der Waals surface area contributed by atoms with Crippen LogP contribution < -0.4 is 5.32 Å². The lowest BCUT2D eigenvalue weighted by molar-refractivity contribution is 0.0904. The molecule has 30 heavy (non-hydrogen) atoms. The number of halogens is 1. The lowest BCUT2D eigenvalue weighted by atomic mass is 10.00. The Balaban J connectivity index is 0.00000450. The van der Waals surface area contributed by atoms with Crippen LogP contribution in [0.25, 0.3) is 0 Å². The van der Waals surface area contributed by atoms with Gasteiger partial charge in [0.2, 0.25) is 10.0 Å². The fraction of sp³-hybridized carbons (Fsp3) is 0.789. The van der Waals surface area contributed by atoms with E-state index >= 15 is 0 Å². The van der Waals surface area contributed by atoms with Gasteiger partial charge in [0, 0.05) is 51.3 Å². The molecule has 0 spiro atoms. The molecule has 2 heterocycles. The summed E-state index contributed by atoms with van der Waals surface area (Å²) in [4.78, 5) is 6.46. The number of piperazine rings is 1. The molecular formula is C19H36IN5O4S. The summed E-state index contributed by atoms with van der Waals surface area (Å²) in [5, 5.41) is 7.42. The third-order valence-electron chi connectivity index (χ3n) is 5.08. The van der Waals surface area contributed by atoms with Crippen molar-refractivity contribution in [2.45, 2.75) is 46.6 Å². The fourth-order valence-electron chi connectivity index (χ4n) is 3.57. The number of sulfonamides is 1. The normalized spacial score (nSPS) is 17.2. The summed E-state index contributed by atoms with van der Waals surface area (Å²) in [6.45, 7) is 12.8. The summed E-state index contributed by atoms with van der Waals surface area (Å²) < 4.78 is 37.2. The van der Waals surface area contributed by atoms with Crippen molar-refractivity contribution in [2.24, 2.45) is 4.99 Å². The lowest BCUT2D eigenvalue weighted by Crippen LogP contribution is -2.54. The molecule has 1 aliphatic rings. The van der Waals surface area contributed by atoms with E-state index in [2.05, 4.69) is 27.3 Å². The maximum absolute atomic E-state index is 12.5. The summed E-state index contributed by atoms with van der Waals surface area (Å²) >= 11 is 0. The van der Waals surface area contributed by atoms with Crippen molar-refractivity contribution in [3.05, 3.63) is 17.0 Å². The summed E-state index contributed by atoms with van der Waals surface area (Å²) in [6, 6.07) is 0. The molecule has 1 atom stereocenters. The predicted octanol–water partition coefficient (Wildman–Crippen LogP) is 1.96. The standard InChI is InChI=1S/C19H35N5O4S.HI/c1-14(2)27-11-12-29(25,26)24-9-7-23(8-10-24)19(20-6)21-13-15(3)18-16(4)22-28-17(18)5;/h14-15H,7-13H2,1-6H3,(H,20,21);1H. The first-order chi connectivity index (χ1) is 13.7. The third-order valence-corrected chi connectivity index (χ3v) is 6.92. The van der Waals surface area contributed by atoms with Crippen molar-refractivity contribution in [3.63, 3.8) is 0 Å². The first-order valence-electron chi connectivity index (χ1n) is 10.1. The number of hydrogen-bond donors (Lipinski definition) is 1. The number of hydrogen-bond acceptors (Lipinski definition) is 6. The Kier molecular flexibility index (Phi) is 11.0. The van der Waals surface area contributed by atoms with Gasteiger partial charge in [-0.3, -0.25) is 4.99 Å². The van der Waals surface area contributed by atoms with Crippen LogP contribution in [0.4, 0.5) is 0 Å². The Bertz CT molecular complexity index is 769. The van der Waals surface area contributed by atoms with Gasteiger partial charge in [-0.15, -0.1) is 24.0 Å². The highest BCUT2D eigenvalue weighted by molar-refractivity contribution is 14.0. The quantitative estimate of drug-likeness (QED) is 0.296. The zero-order valence-corrected chi connectivity index (χ0v) is 22.0. The van der Waals surface area contributed by atoms with Gasteiger partial charge in [0.15, 0.2) is 5.96 Å². The maximum Gasteiger partial charge on any atom is 0.216 e. The van der Waals surface area contributed by atoms with Crippen LogP contribution in [-0.4, -0.2) is 87.0 Å². The summed E-state index contributed by atoms with van der Waals surface area (Å²) in [7, 11) is -1.55. The van der Waals surface area contributed by atoms with Crippen molar-refractivity contribution in [1.82, 2.24) is 19.7 Å². The molecule has 1 aromatic rings. The van der Waals surface area contributed by atoms with E-state index in [0.29, 0.717) is 32.7 Å². The van der Waals surface area contributed by atoms with Crippen molar-refractivity contribution in [1.29, 1.82) is 0 Å². The van der Waals surface area contributed by atoms with Crippen LogP contribution in [0.2, 0.25) is 0 Å². The molecule has 0 radical (unpaired) electrons. The minimum atomic E-state index is -3.30. The molecule has 0 aliphatic carbocycles. The highest BCUT2D eigenvalue weighted by atomic mass is 127. The van der Waals surface area contributed by atoms with E-state index in [0.717, 1.165) is 23.0 Å². The van der Waals surface area contributed by atoms with E-state index in [1.165, 1.54) is 0 Å². The van der Waals surface area contributed by atoms with Crippen LogP contribution in [0.5, 0.6) is 0 Å². The van der Waals surface area contributed by atoms with Crippen LogP contribution in [0, 0.1) is 13.8 Å².